The fourth-order valence-electron chi connectivity index (χ4n) is 1.88. The summed E-state index contributed by atoms with van der Waals surface area (Å²) in [6.45, 7) is 2.66. The fraction of sp³-hybridized carbons (Fsp3) is 0.200. The summed E-state index contributed by atoms with van der Waals surface area (Å²) >= 11 is 0. The van der Waals surface area contributed by atoms with E-state index in [1.807, 2.05) is 37.3 Å². The van der Waals surface area contributed by atoms with E-state index in [0.717, 1.165) is 22.5 Å². The molecule has 2 nitrogen and oxygen atoms in total. The zero-order valence-corrected chi connectivity index (χ0v) is 10.4. The Balaban J connectivity index is 1.97. The highest BCUT2D eigenvalue weighted by atomic mass is 19.1. The van der Waals surface area contributed by atoms with Gasteiger partial charge in [0, 0.05) is 17.9 Å². The molecule has 0 saturated carbocycles. The Hall–Kier alpha value is -2.03. The van der Waals surface area contributed by atoms with Crippen molar-refractivity contribution in [2.24, 2.45) is 0 Å². The molecule has 0 aromatic heterocycles. The van der Waals surface area contributed by atoms with Gasteiger partial charge in [-0.3, -0.25) is 0 Å². The molecule has 0 aliphatic carbocycles. The van der Waals surface area contributed by atoms with E-state index in [4.69, 9.17) is 5.73 Å². The molecule has 0 aliphatic heterocycles. The number of nitrogens with one attached hydrogen (secondary N) is 1. The van der Waals surface area contributed by atoms with E-state index in [9.17, 15) is 4.39 Å². The molecule has 0 atom stereocenters. The molecular weight excluding hydrogens is 227 g/mol. The Bertz CT molecular complexity index is 538. The number of hydrogen-bond acceptors (Lipinski definition) is 2. The van der Waals surface area contributed by atoms with Crippen molar-refractivity contribution in [3.05, 3.63) is 59.4 Å². The van der Waals surface area contributed by atoms with E-state index in [0.29, 0.717) is 13.0 Å². The maximum atomic E-state index is 13.4. The number of anilines is 2. The molecule has 3 N–H and O–H groups in total. The van der Waals surface area contributed by atoms with Crippen molar-refractivity contribution < 1.29 is 4.39 Å². The summed E-state index contributed by atoms with van der Waals surface area (Å²) < 4.78 is 13.4. The highest BCUT2D eigenvalue weighted by Crippen LogP contribution is 2.20. The van der Waals surface area contributed by atoms with Gasteiger partial charge in [-0.05, 0) is 42.7 Å². The average molecular weight is 244 g/mol. The zero-order valence-electron chi connectivity index (χ0n) is 10.4. The fourth-order valence-corrected chi connectivity index (χ4v) is 1.88. The maximum Gasteiger partial charge on any atom is 0.126 e. The van der Waals surface area contributed by atoms with E-state index in [1.54, 1.807) is 6.07 Å². The van der Waals surface area contributed by atoms with Gasteiger partial charge in [0.15, 0.2) is 0 Å². The van der Waals surface area contributed by atoms with E-state index in [-0.39, 0.29) is 5.82 Å². The summed E-state index contributed by atoms with van der Waals surface area (Å²) in [4.78, 5) is 0. The van der Waals surface area contributed by atoms with E-state index < -0.39 is 0 Å². The van der Waals surface area contributed by atoms with Gasteiger partial charge in [0.05, 0.1) is 0 Å². The average Bonchev–Trinajstić information content (AvgIpc) is 2.37. The van der Waals surface area contributed by atoms with Gasteiger partial charge in [-0.1, -0.05) is 24.3 Å². The number of nitrogen functional groups attached to an aromatic ring is 1. The second-order valence-electron chi connectivity index (χ2n) is 4.29. The van der Waals surface area contributed by atoms with Gasteiger partial charge in [0.2, 0.25) is 0 Å². The minimum atomic E-state index is -0.149. The SMILES string of the molecule is Cc1c(N)cccc1NCCc1ccccc1F. The smallest absolute Gasteiger partial charge is 0.126 e. The molecule has 18 heavy (non-hydrogen) atoms. The molecule has 0 spiro atoms. The van der Waals surface area contributed by atoms with Crippen LogP contribution in [0.15, 0.2) is 42.5 Å². The van der Waals surface area contributed by atoms with Crippen molar-refractivity contribution in [1.82, 2.24) is 0 Å². The van der Waals surface area contributed by atoms with Crippen LogP contribution in [-0.4, -0.2) is 6.54 Å². The molecule has 0 saturated heterocycles. The van der Waals surface area contributed by atoms with Crippen LogP contribution in [0.3, 0.4) is 0 Å². The Kier molecular flexibility index (Phi) is 3.82. The van der Waals surface area contributed by atoms with Gasteiger partial charge in [0.25, 0.3) is 0 Å². The molecule has 0 aliphatic rings. The highest BCUT2D eigenvalue weighted by Gasteiger charge is 2.02. The highest BCUT2D eigenvalue weighted by molar-refractivity contribution is 5.62. The third kappa shape index (κ3) is 2.80. The topological polar surface area (TPSA) is 38.0 Å². The number of benzene rings is 2. The van der Waals surface area contributed by atoms with Crippen molar-refractivity contribution >= 4 is 11.4 Å². The third-order valence-corrected chi connectivity index (χ3v) is 3.04. The van der Waals surface area contributed by atoms with Crippen molar-refractivity contribution in [3.8, 4) is 0 Å². The molecule has 2 aromatic rings. The summed E-state index contributed by atoms with van der Waals surface area (Å²) in [6, 6.07) is 12.6. The Morgan fingerprint density at radius 3 is 2.67 bits per heavy atom. The largest absolute Gasteiger partial charge is 0.398 e. The van der Waals surface area contributed by atoms with Crippen molar-refractivity contribution in [2.75, 3.05) is 17.6 Å². The molecule has 0 bridgehead atoms. The molecule has 0 unspecified atom stereocenters. The minimum Gasteiger partial charge on any atom is -0.398 e. The molecule has 0 radical (unpaired) electrons. The third-order valence-electron chi connectivity index (χ3n) is 3.04. The van der Waals surface area contributed by atoms with Gasteiger partial charge < -0.3 is 11.1 Å². The summed E-state index contributed by atoms with van der Waals surface area (Å²) in [5, 5.41) is 3.28. The van der Waals surface area contributed by atoms with Gasteiger partial charge in [0.1, 0.15) is 5.82 Å². The first-order valence-corrected chi connectivity index (χ1v) is 6.01. The first-order chi connectivity index (χ1) is 8.68. The van der Waals surface area contributed by atoms with Crippen LogP contribution >= 0.6 is 0 Å². The number of rotatable bonds is 4. The summed E-state index contributed by atoms with van der Waals surface area (Å²) in [5.41, 5.74) is 9.36. The lowest BCUT2D eigenvalue weighted by atomic mass is 10.1. The predicted octanol–water partition coefficient (Wildman–Crippen LogP) is 3.37. The summed E-state index contributed by atoms with van der Waals surface area (Å²) in [7, 11) is 0. The van der Waals surface area contributed by atoms with E-state index >= 15 is 0 Å². The van der Waals surface area contributed by atoms with Crippen LogP contribution in [0.25, 0.3) is 0 Å². The Morgan fingerprint density at radius 2 is 1.89 bits per heavy atom. The predicted molar refractivity (Wildman–Crippen MR) is 74.2 cm³/mol. The summed E-state index contributed by atoms with van der Waals surface area (Å²) in [5.74, 6) is -0.149. The number of nitrogens with two attached hydrogens (primary N) is 1. The normalized spacial score (nSPS) is 10.3. The lowest BCUT2D eigenvalue weighted by Gasteiger charge is -2.11. The monoisotopic (exact) mass is 244 g/mol. The summed E-state index contributed by atoms with van der Waals surface area (Å²) in [6.07, 6.45) is 0.654. The van der Waals surface area contributed by atoms with Crippen LogP contribution in [0.1, 0.15) is 11.1 Å². The quantitative estimate of drug-likeness (QED) is 0.809. The van der Waals surface area contributed by atoms with Gasteiger partial charge >= 0.3 is 0 Å². The second kappa shape index (κ2) is 5.54. The molecule has 2 aromatic carbocycles. The molecule has 0 fully saturated rings. The zero-order chi connectivity index (χ0) is 13.0. The standard InChI is InChI=1S/C15H17FN2/c1-11-14(17)7-4-8-15(11)18-10-9-12-5-2-3-6-13(12)16/h2-8,18H,9-10,17H2,1H3. The van der Waals surface area contributed by atoms with Crippen LogP contribution in [0.5, 0.6) is 0 Å². The molecule has 2 rings (SSSR count). The molecule has 0 heterocycles. The van der Waals surface area contributed by atoms with Crippen molar-refractivity contribution in [2.45, 2.75) is 13.3 Å². The lowest BCUT2D eigenvalue weighted by molar-refractivity contribution is 0.610. The van der Waals surface area contributed by atoms with Gasteiger partial charge in [-0.25, -0.2) is 4.39 Å². The van der Waals surface area contributed by atoms with Crippen LogP contribution in [0, 0.1) is 12.7 Å². The van der Waals surface area contributed by atoms with E-state index in [2.05, 4.69) is 5.32 Å². The lowest BCUT2D eigenvalue weighted by Crippen LogP contribution is -2.07. The van der Waals surface area contributed by atoms with Gasteiger partial charge in [-0.2, -0.15) is 0 Å². The van der Waals surface area contributed by atoms with Crippen LogP contribution in [0.2, 0.25) is 0 Å². The number of hydrogen-bond donors (Lipinski definition) is 2. The molecule has 0 amide bonds. The molecule has 3 heteroatoms. The second-order valence-corrected chi connectivity index (χ2v) is 4.29. The number of halogens is 1. The van der Waals surface area contributed by atoms with Crippen molar-refractivity contribution in [1.29, 1.82) is 0 Å². The van der Waals surface area contributed by atoms with Crippen molar-refractivity contribution in [3.63, 3.8) is 0 Å². The minimum absolute atomic E-state index is 0.149. The van der Waals surface area contributed by atoms with Crippen LogP contribution < -0.4 is 11.1 Å². The first kappa shape index (κ1) is 12.4. The van der Waals surface area contributed by atoms with E-state index in [1.165, 1.54) is 6.07 Å². The Labute approximate surface area is 107 Å². The van der Waals surface area contributed by atoms with Gasteiger partial charge in [-0.15, -0.1) is 0 Å². The Morgan fingerprint density at radius 1 is 1.11 bits per heavy atom. The van der Waals surface area contributed by atoms with Crippen LogP contribution in [0.4, 0.5) is 15.8 Å². The van der Waals surface area contributed by atoms with Crippen LogP contribution in [-0.2, 0) is 6.42 Å². The maximum absolute atomic E-state index is 13.4. The molecular formula is C15H17FN2. The molecule has 94 valence electrons. The first-order valence-electron chi connectivity index (χ1n) is 6.01.